The number of aliphatic hydroxyl groups is 1. The van der Waals surface area contributed by atoms with Gasteiger partial charge in [-0.15, -0.1) is 0 Å². The van der Waals surface area contributed by atoms with E-state index in [0.29, 0.717) is 41.0 Å². The lowest BCUT2D eigenvalue weighted by molar-refractivity contribution is -0.132. The van der Waals surface area contributed by atoms with Crippen molar-refractivity contribution in [2.75, 3.05) is 18.1 Å². The molecule has 0 bridgehead atoms. The molecule has 4 aromatic rings. The molecule has 0 aliphatic carbocycles. The van der Waals surface area contributed by atoms with E-state index in [1.807, 2.05) is 57.2 Å². The maximum absolute atomic E-state index is 13.5. The Morgan fingerprint density at radius 1 is 0.946 bits per heavy atom. The molecule has 1 saturated heterocycles. The molecule has 1 unspecified atom stereocenters. The van der Waals surface area contributed by atoms with E-state index < -0.39 is 17.7 Å². The number of benzene rings is 3. The minimum absolute atomic E-state index is 0.0117. The zero-order valence-corrected chi connectivity index (χ0v) is 21.4. The molecule has 186 valence electrons. The number of fused-ring (bicyclic) bond motifs is 2. The third-order valence-corrected chi connectivity index (χ3v) is 7.68. The number of aromatic nitrogens is 1. The number of hydrogen-bond acceptors (Lipinski definition) is 7. The van der Waals surface area contributed by atoms with Crippen molar-refractivity contribution in [3.63, 3.8) is 0 Å². The summed E-state index contributed by atoms with van der Waals surface area (Å²) in [6.45, 7) is 6.79. The van der Waals surface area contributed by atoms with Crippen LogP contribution in [-0.4, -0.2) is 35.0 Å². The second-order valence-corrected chi connectivity index (χ2v) is 10.4. The van der Waals surface area contributed by atoms with Gasteiger partial charge in [-0.25, -0.2) is 4.98 Å². The Balaban J connectivity index is 1.55. The summed E-state index contributed by atoms with van der Waals surface area (Å²) in [5.41, 5.74) is 5.01. The van der Waals surface area contributed by atoms with E-state index >= 15 is 0 Å². The number of Topliss-reactive ketones (excluding diaryl/α,β-unsaturated/α-hetero) is 1. The average Bonchev–Trinajstić information content (AvgIpc) is 3.42. The van der Waals surface area contributed by atoms with Gasteiger partial charge in [0.15, 0.2) is 16.6 Å². The summed E-state index contributed by atoms with van der Waals surface area (Å²) in [6.07, 6.45) is 0. The summed E-state index contributed by atoms with van der Waals surface area (Å²) in [6, 6.07) is 15.8. The summed E-state index contributed by atoms with van der Waals surface area (Å²) >= 11 is 1.36. The lowest BCUT2D eigenvalue weighted by Crippen LogP contribution is -2.29. The molecule has 3 heterocycles. The molecule has 37 heavy (non-hydrogen) atoms. The van der Waals surface area contributed by atoms with Gasteiger partial charge in [0.25, 0.3) is 5.78 Å². The van der Waals surface area contributed by atoms with Crippen molar-refractivity contribution in [3.8, 4) is 11.5 Å². The van der Waals surface area contributed by atoms with Crippen LogP contribution in [0, 0.1) is 20.8 Å². The van der Waals surface area contributed by atoms with Crippen LogP contribution in [0.25, 0.3) is 16.0 Å². The first-order valence-corrected chi connectivity index (χ1v) is 12.8. The number of aryl methyl sites for hydroxylation is 3. The van der Waals surface area contributed by atoms with Gasteiger partial charge in [-0.3, -0.25) is 14.5 Å². The molecule has 0 radical (unpaired) electrons. The fraction of sp³-hybridized carbons (Fsp3) is 0.207. The van der Waals surface area contributed by atoms with Crippen molar-refractivity contribution in [1.29, 1.82) is 0 Å². The van der Waals surface area contributed by atoms with Crippen molar-refractivity contribution >= 4 is 44.1 Å². The fourth-order valence-electron chi connectivity index (χ4n) is 4.90. The van der Waals surface area contributed by atoms with Crippen LogP contribution in [0.4, 0.5) is 5.13 Å². The highest BCUT2D eigenvalue weighted by Gasteiger charge is 2.48. The molecular formula is C29H24N2O5S. The Kier molecular flexibility index (Phi) is 5.49. The van der Waals surface area contributed by atoms with E-state index in [4.69, 9.17) is 14.5 Å². The first-order chi connectivity index (χ1) is 17.8. The first-order valence-electron chi connectivity index (χ1n) is 12.0. The standard InChI is InChI=1S/C29H24N2O5S/c1-15-4-6-18(7-5-15)25-23(26(32)19-8-9-20-21(14-19)36-11-10-35-20)27(33)28(34)31(25)29-30-24-17(3)12-16(2)13-22(24)37-29/h4-9,12-14,25,32H,10-11H2,1-3H3. The predicted octanol–water partition coefficient (Wildman–Crippen LogP) is 5.62. The van der Waals surface area contributed by atoms with Gasteiger partial charge < -0.3 is 14.6 Å². The summed E-state index contributed by atoms with van der Waals surface area (Å²) < 4.78 is 12.2. The van der Waals surface area contributed by atoms with Crippen LogP contribution in [0.5, 0.6) is 11.5 Å². The Morgan fingerprint density at radius 2 is 1.68 bits per heavy atom. The van der Waals surface area contributed by atoms with Gasteiger partial charge in [-0.05, 0) is 61.7 Å². The number of thiazole rings is 1. The zero-order chi connectivity index (χ0) is 25.8. The number of carbonyl (C=O) groups excluding carboxylic acids is 2. The monoisotopic (exact) mass is 512 g/mol. The van der Waals surface area contributed by atoms with Gasteiger partial charge in [0.05, 0.1) is 21.8 Å². The molecule has 3 aromatic carbocycles. The molecule has 1 N–H and O–H groups in total. The van der Waals surface area contributed by atoms with E-state index in [1.165, 1.54) is 16.2 Å². The first kappa shape index (κ1) is 23.2. The second-order valence-electron chi connectivity index (χ2n) is 9.36. The molecule has 7 nitrogen and oxygen atoms in total. The molecule has 1 atom stereocenters. The molecule has 8 heteroatoms. The van der Waals surface area contributed by atoms with Gasteiger partial charge in [0.2, 0.25) is 0 Å². The summed E-state index contributed by atoms with van der Waals surface area (Å²) in [5.74, 6) is -0.702. The van der Waals surface area contributed by atoms with Gasteiger partial charge in [-0.2, -0.15) is 0 Å². The Bertz CT molecular complexity index is 1620. The van der Waals surface area contributed by atoms with Crippen molar-refractivity contribution in [2.24, 2.45) is 0 Å². The second kappa shape index (κ2) is 8.74. The number of rotatable bonds is 3. The van der Waals surface area contributed by atoms with Gasteiger partial charge in [0.1, 0.15) is 19.0 Å². The number of aliphatic hydroxyl groups excluding tert-OH is 1. The maximum Gasteiger partial charge on any atom is 0.301 e. The fourth-order valence-corrected chi connectivity index (χ4v) is 6.07. The van der Waals surface area contributed by atoms with Crippen LogP contribution < -0.4 is 14.4 Å². The number of anilines is 1. The lowest BCUT2D eigenvalue weighted by atomic mass is 9.94. The number of ketones is 1. The smallest absolute Gasteiger partial charge is 0.301 e. The van der Waals surface area contributed by atoms with Crippen LogP contribution >= 0.6 is 11.3 Å². The molecule has 6 rings (SSSR count). The summed E-state index contributed by atoms with van der Waals surface area (Å²) in [7, 11) is 0. The predicted molar refractivity (Wildman–Crippen MR) is 142 cm³/mol. The molecule has 2 aliphatic rings. The van der Waals surface area contributed by atoms with E-state index in [0.717, 1.165) is 26.9 Å². The molecule has 1 fully saturated rings. The van der Waals surface area contributed by atoms with Crippen molar-refractivity contribution in [3.05, 3.63) is 88.0 Å². The highest BCUT2D eigenvalue weighted by atomic mass is 32.1. The normalized spacial score (nSPS) is 18.6. The lowest BCUT2D eigenvalue weighted by Gasteiger charge is -2.23. The van der Waals surface area contributed by atoms with Gasteiger partial charge in [-0.1, -0.05) is 47.2 Å². The van der Waals surface area contributed by atoms with E-state index in [-0.39, 0.29) is 11.3 Å². The zero-order valence-electron chi connectivity index (χ0n) is 20.6. The van der Waals surface area contributed by atoms with Crippen LogP contribution in [0.2, 0.25) is 0 Å². The molecule has 1 amide bonds. The number of ether oxygens (including phenoxy) is 2. The van der Waals surface area contributed by atoms with Crippen LogP contribution in [-0.2, 0) is 9.59 Å². The van der Waals surface area contributed by atoms with Gasteiger partial charge >= 0.3 is 5.91 Å². The van der Waals surface area contributed by atoms with Crippen LogP contribution in [0.1, 0.15) is 33.9 Å². The molecular weight excluding hydrogens is 488 g/mol. The Hall–Kier alpha value is -4.17. The minimum atomic E-state index is -0.837. The van der Waals surface area contributed by atoms with Crippen LogP contribution in [0.3, 0.4) is 0 Å². The molecule has 1 aromatic heterocycles. The highest BCUT2D eigenvalue weighted by Crippen LogP contribution is 2.45. The molecule has 0 saturated carbocycles. The highest BCUT2D eigenvalue weighted by molar-refractivity contribution is 7.22. The quantitative estimate of drug-likeness (QED) is 0.218. The van der Waals surface area contributed by atoms with E-state index in [1.54, 1.807) is 18.2 Å². The SMILES string of the molecule is Cc1ccc(C2C(=C(O)c3ccc4c(c3)OCCO4)C(=O)C(=O)N2c2nc3c(C)cc(C)cc3s2)cc1. The number of carbonyl (C=O) groups is 2. The third-order valence-electron chi connectivity index (χ3n) is 6.68. The maximum atomic E-state index is 13.5. The summed E-state index contributed by atoms with van der Waals surface area (Å²) in [4.78, 5) is 33.2. The van der Waals surface area contributed by atoms with E-state index in [2.05, 4.69) is 0 Å². The van der Waals surface area contributed by atoms with Crippen molar-refractivity contribution in [2.45, 2.75) is 26.8 Å². The Labute approximate surface area is 217 Å². The average molecular weight is 513 g/mol. The Morgan fingerprint density at radius 3 is 2.43 bits per heavy atom. The van der Waals surface area contributed by atoms with Crippen LogP contribution in [0.15, 0.2) is 60.2 Å². The largest absolute Gasteiger partial charge is 0.507 e. The van der Waals surface area contributed by atoms with Crippen molar-refractivity contribution < 1.29 is 24.2 Å². The number of amides is 1. The molecule has 2 aliphatic heterocycles. The third kappa shape index (κ3) is 3.84. The van der Waals surface area contributed by atoms with E-state index in [9.17, 15) is 14.7 Å². The molecule has 0 spiro atoms. The number of nitrogens with zero attached hydrogens (tertiary/aromatic N) is 2. The summed E-state index contributed by atoms with van der Waals surface area (Å²) in [5, 5.41) is 11.9. The topological polar surface area (TPSA) is 89.0 Å². The number of hydrogen-bond donors (Lipinski definition) is 1. The van der Waals surface area contributed by atoms with Crippen molar-refractivity contribution in [1.82, 2.24) is 4.98 Å². The minimum Gasteiger partial charge on any atom is -0.507 e. The van der Waals surface area contributed by atoms with Gasteiger partial charge in [0, 0.05) is 5.56 Å².